The van der Waals surface area contributed by atoms with E-state index in [1.807, 2.05) is 6.07 Å². The van der Waals surface area contributed by atoms with Gasteiger partial charge in [-0.05, 0) is 44.2 Å². The van der Waals surface area contributed by atoms with Gasteiger partial charge in [-0.25, -0.2) is 18.5 Å². The molecule has 1 unspecified atom stereocenters. The minimum absolute atomic E-state index is 0.247. The minimum atomic E-state index is -3.33. The van der Waals surface area contributed by atoms with Crippen molar-refractivity contribution in [1.29, 1.82) is 4.78 Å². The molecule has 1 atom stereocenters. The van der Waals surface area contributed by atoms with E-state index in [9.17, 15) is 9.00 Å². The number of fused-ring (bicyclic) bond motifs is 1. The molecule has 1 aromatic carbocycles. The van der Waals surface area contributed by atoms with Crippen LogP contribution in [0.4, 0.5) is 0 Å². The number of hydrogen-bond donors (Lipinski definition) is 1. The van der Waals surface area contributed by atoms with E-state index in [-0.39, 0.29) is 12.3 Å². The summed E-state index contributed by atoms with van der Waals surface area (Å²) >= 11 is 0. The molecule has 0 fully saturated rings. The van der Waals surface area contributed by atoms with Gasteiger partial charge in [0.25, 0.3) is 0 Å². The van der Waals surface area contributed by atoms with E-state index in [2.05, 4.69) is 24.7 Å². The second-order valence-corrected chi connectivity index (χ2v) is 16.7. The third-order valence-corrected chi connectivity index (χ3v) is 9.09. The summed E-state index contributed by atoms with van der Waals surface area (Å²) in [4.78, 5) is 12.9. The monoisotopic (exact) mass is 476 g/mol. The van der Waals surface area contributed by atoms with Crippen LogP contribution in [-0.4, -0.2) is 45.8 Å². The third-order valence-electron chi connectivity index (χ3n) is 5.44. The number of aromatic nitrogens is 3. The smallest absolute Gasteiger partial charge is 0.354 e. The first-order valence-corrected chi connectivity index (χ1v) is 15.9. The molecule has 2 heterocycles. The van der Waals surface area contributed by atoms with Crippen molar-refractivity contribution in [2.45, 2.75) is 56.1 Å². The summed E-state index contributed by atoms with van der Waals surface area (Å²) in [7, 11) is -2.78. The van der Waals surface area contributed by atoms with Crippen LogP contribution < -0.4 is 0 Å². The fourth-order valence-electron chi connectivity index (χ4n) is 3.37. The molecule has 0 spiro atoms. The van der Waals surface area contributed by atoms with Crippen LogP contribution in [0.1, 0.15) is 23.1 Å². The number of benzene rings is 1. The second-order valence-electron chi connectivity index (χ2n) is 9.03. The highest BCUT2D eigenvalue weighted by atomic mass is 32.2. The van der Waals surface area contributed by atoms with E-state index in [0.717, 1.165) is 16.9 Å². The van der Waals surface area contributed by atoms with Crippen molar-refractivity contribution in [2.24, 2.45) is 7.05 Å². The lowest BCUT2D eigenvalue weighted by molar-refractivity contribution is 0.0515. The van der Waals surface area contributed by atoms with Gasteiger partial charge in [-0.1, -0.05) is 19.6 Å². The van der Waals surface area contributed by atoms with Gasteiger partial charge in [-0.3, -0.25) is 0 Å². The van der Waals surface area contributed by atoms with Crippen molar-refractivity contribution >= 4 is 34.7 Å². The van der Waals surface area contributed by atoms with Gasteiger partial charge in [0, 0.05) is 32.8 Å². The van der Waals surface area contributed by atoms with Crippen molar-refractivity contribution in [1.82, 2.24) is 14.3 Å². The average Bonchev–Trinajstić information content (AvgIpc) is 3.26. The van der Waals surface area contributed by atoms with Crippen molar-refractivity contribution in [2.75, 3.05) is 13.2 Å². The Morgan fingerprint density at radius 1 is 1.25 bits per heavy atom. The SMILES string of the molecule is CCOC(=O)c1cc(S(=N)(=O)c2ccc3c(cnn3COCC[Si](C)(C)C)c2)c(C)n1C. The lowest BCUT2D eigenvalue weighted by Crippen LogP contribution is -2.22. The summed E-state index contributed by atoms with van der Waals surface area (Å²) in [6, 6.07) is 7.82. The zero-order valence-electron chi connectivity index (χ0n) is 19.6. The zero-order chi connectivity index (χ0) is 23.7. The van der Waals surface area contributed by atoms with Crippen LogP contribution in [0.25, 0.3) is 10.9 Å². The molecule has 0 amide bonds. The topological polar surface area (TPSA) is 99.2 Å². The van der Waals surface area contributed by atoms with E-state index >= 15 is 0 Å². The number of carbonyl (C=O) groups excluding carboxylic acids is 1. The Kier molecular flexibility index (Phi) is 6.96. The lowest BCUT2D eigenvalue weighted by atomic mass is 10.2. The van der Waals surface area contributed by atoms with Gasteiger partial charge >= 0.3 is 5.97 Å². The molecule has 2 aromatic heterocycles. The highest BCUT2D eigenvalue weighted by Crippen LogP contribution is 2.29. The molecule has 174 valence electrons. The van der Waals surface area contributed by atoms with Gasteiger partial charge in [-0.15, -0.1) is 0 Å². The standard InChI is InChI=1S/C22H32N4O4SSi/c1-7-30-22(27)20-13-21(16(2)25(20)3)31(23,28)18-8-9-19-17(12-18)14-24-26(19)15-29-10-11-32(4,5)6/h8-9,12-14,23H,7,10-11,15H2,1-6H3. The number of esters is 1. The number of carbonyl (C=O) groups is 1. The maximum absolute atomic E-state index is 13.6. The van der Waals surface area contributed by atoms with Crippen molar-refractivity contribution in [3.8, 4) is 0 Å². The normalized spacial score (nSPS) is 13.9. The molecule has 0 aliphatic rings. The summed E-state index contributed by atoms with van der Waals surface area (Å²) < 4.78 is 36.5. The van der Waals surface area contributed by atoms with Gasteiger partial charge < -0.3 is 14.0 Å². The van der Waals surface area contributed by atoms with Crippen LogP contribution >= 0.6 is 0 Å². The molecule has 0 aliphatic carbocycles. The summed E-state index contributed by atoms with van der Waals surface area (Å²) in [6.45, 7) is 11.7. The van der Waals surface area contributed by atoms with Gasteiger partial charge in [0.1, 0.15) is 22.2 Å². The number of nitrogens with zero attached hydrogens (tertiary/aromatic N) is 3. The number of nitrogens with one attached hydrogen (secondary N) is 1. The molecule has 32 heavy (non-hydrogen) atoms. The first-order valence-electron chi connectivity index (χ1n) is 10.6. The Hall–Kier alpha value is -2.43. The summed E-state index contributed by atoms with van der Waals surface area (Å²) in [5.41, 5.74) is 1.73. The van der Waals surface area contributed by atoms with Crippen LogP contribution in [0.2, 0.25) is 25.7 Å². The predicted molar refractivity (Wildman–Crippen MR) is 127 cm³/mol. The number of hydrogen-bond acceptors (Lipinski definition) is 6. The molecule has 1 N–H and O–H groups in total. The van der Waals surface area contributed by atoms with Crippen molar-refractivity contribution < 1.29 is 18.5 Å². The van der Waals surface area contributed by atoms with Crippen LogP contribution in [0, 0.1) is 11.7 Å². The Labute approximate surface area is 190 Å². The average molecular weight is 477 g/mol. The van der Waals surface area contributed by atoms with Crippen LogP contribution in [-0.2, 0) is 33.0 Å². The first-order chi connectivity index (χ1) is 15.0. The molecule has 0 aliphatic heterocycles. The van der Waals surface area contributed by atoms with Crippen LogP contribution in [0.15, 0.2) is 40.3 Å². The Morgan fingerprint density at radius 3 is 2.62 bits per heavy atom. The maximum atomic E-state index is 13.6. The Balaban J connectivity index is 1.87. The molecule has 0 radical (unpaired) electrons. The van der Waals surface area contributed by atoms with E-state index < -0.39 is 23.8 Å². The number of rotatable bonds is 9. The molecule has 0 saturated carbocycles. The molecule has 0 bridgehead atoms. The van der Waals surface area contributed by atoms with Crippen molar-refractivity contribution in [3.63, 3.8) is 0 Å². The van der Waals surface area contributed by atoms with E-state index in [4.69, 9.17) is 14.3 Å². The summed E-state index contributed by atoms with van der Waals surface area (Å²) in [5.74, 6) is -0.495. The molecule has 8 nitrogen and oxygen atoms in total. The van der Waals surface area contributed by atoms with Crippen molar-refractivity contribution in [3.05, 3.63) is 41.9 Å². The Morgan fingerprint density at radius 2 is 1.97 bits per heavy atom. The number of ether oxygens (including phenoxy) is 2. The fourth-order valence-corrected chi connectivity index (χ4v) is 5.76. The zero-order valence-corrected chi connectivity index (χ0v) is 21.4. The molecule has 3 aromatic rings. The quantitative estimate of drug-likeness (QED) is 0.276. The van der Waals surface area contributed by atoms with E-state index in [1.165, 1.54) is 6.07 Å². The highest BCUT2D eigenvalue weighted by molar-refractivity contribution is 7.92. The predicted octanol–water partition coefficient (Wildman–Crippen LogP) is 4.64. The summed E-state index contributed by atoms with van der Waals surface area (Å²) in [5, 5.41) is 5.18. The Bertz CT molecular complexity index is 1240. The van der Waals surface area contributed by atoms with E-state index in [1.54, 1.807) is 48.5 Å². The fraction of sp³-hybridized carbons (Fsp3) is 0.455. The van der Waals surface area contributed by atoms with Gasteiger partial charge in [-0.2, -0.15) is 5.10 Å². The molecule has 3 rings (SSSR count). The van der Waals surface area contributed by atoms with E-state index in [0.29, 0.717) is 28.8 Å². The lowest BCUT2D eigenvalue weighted by Gasteiger charge is -2.15. The van der Waals surface area contributed by atoms with Crippen LogP contribution in [0.5, 0.6) is 0 Å². The summed E-state index contributed by atoms with van der Waals surface area (Å²) in [6.07, 6.45) is 1.69. The maximum Gasteiger partial charge on any atom is 0.354 e. The molecular weight excluding hydrogens is 444 g/mol. The van der Waals surface area contributed by atoms with Gasteiger partial charge in [0.15, 0.2) is 0 Å². The molecule has 10 heteroatoms. The first kappa shape index (κ1) is 24.2. The van der Waals surface area contributed by atoms with Gasteiger partial charge in [0.05, 0.1) is 28.1 Å². The van der Waals surface area contributed by atoms with Crippen LogP contribution in [0.3, 0.4) is 0 Å². The second kappa shape index (κ2) is 9.20. The van der Waals surface area contributed by atoms with Gasteiger partial charge in [0.2, 0.25) is 0 Å². The molecule has 0 saturated heterocycles. The third kappa shape index (κ3) is 4.97. The molecular formula is C22H32N4O4SSi. The highest BCUT2D eigenvalue weighted by Gasteiger charge is 2.24. The largest absolute Gasteiger partial charge is 0.461 e. The minimum Gasteiger partial charge on any atom is -0.461 e.